The maximum absolute atomic E-state index is 5.88. The maximum Gasteiger partial charge on any atom is 0.127 e. The molecule has 114 valence electrons. The van der Waals surface area contributed by atoms with E-state index in [1.54, 1.807) is 0 Å². The van der Waals surface area contributed by atoms with E-state index in [1.165, 1.54) is 10.8 Å². The number of nitrogens with one attached hydrogen (secondary N) is 1. The summed E-state index contributed by atoms with van der Waals surface area (Å²) in [7, 11) is 0. The van der Waals surface area contributed by atoms with Gasteiger partial charge in [0.25, 0.3) is 0 Å². The molecule has 0 radical (unpaired) electrons. The average Bonchev–Trinajstić information content (AvgIpc) is 2.53. The Bertz CT molecular complexity index is 522. The molecule has 2 aromatic rings. The van der Waals surface area contributed by atoms with Gasteiger partial charge in [-0.3, -0.25) is 0 Å². The molecular formula is C18H25NO2. The predicted octanol–water partition coefficient (Wildman–Crippen LogP) is 3.62. The third-order valence-electron chi connectivity index (χ3n) is 3.38. The van der Waals surface area contributed by atoms with Crippen molar-refractivity contribution in [3.63, 3.8) is 0 Å². The minimum atomic E-state index is 0.694. The molecule has 1 N–H and O–H groups in total. The number of fused-ring (bicyclic) bond motifs is 1. The van der Waals surface area contributed by atoms with Crippen LogP contribution in [0.15, 0.2) is 42.5 Å². The summed E-state index contributed by atoms with van der Waals surface area (Å²) in [5.41, 5.74) is 0. The molecule has 3 heteroatoms. The topological polar surface area (TPSA) is 30.5 Å². The summed E-state index contributed by atoms with van der Waals surface area (Å²) in [6.07, 6.45) is 2.26. The van der Waals surface area contributed by atoms with Gasteiger partial charge in [-0.1, -0.05) is 36.4 Å². The van der Waals surface area contributed by atoms with Gasteiger partial charge in [0.15, 0.2) is 0 Å². The first kappa shape index (κ1) is 15.8. The zero-order chi connectivity index (χ0) is 14.8. The van der Waals surface area contributed by atoms with Gasteiger partial charge in [0.05, 0.1) is 0 Å². The smallest absolute Gasteiger partial charge is 0.127 e. The second-order valence-corrected chi connectivity index (χ2v) is 4.98. The lowest BCUT2D eigenvalue weighted by atomic mass is 10.1. The van der Waals surface area contributed by atoms with Crippen LogP contribution in [0, 0.1) is 0 Å². The largest absolute Gasteiger partial charge is 0.492 e. The molecule has 21 heavy (non-hydrogen) atoms. The van der Waals surface area contributed by atoms with Crippen LogP contribution in [0.3, 0.4) is 0 Å². The molecule has 0 fully saturated rings. The van der Waals surface area contributed by atoms with Crippen LogP contribution >= 0.6 is 0 Å². The minimum Gasteiger partial charge on any atom is -0.492 e. The molecule has 0 atom stereocenters. The maximum atomic E-state index is 5.88. The summed E-state index contributed by atoms with van der Waals surface area (Å²) in [5, 5.41) is 5.80. The molecule has 0 aromatic heterocycles. The van der Waals surface area contributed by atoms with Gasteiger partial charge in [0, 0.05) is 25.1 Å². The van der Waals surface area contributed by atoms with Gasteiger partial charge in [-0.05, 0) is 37.8 Å². The highest BCUT2D eigenvalue weighted by molar-refractivity contribution is 5.88. The van der Waals surface area contributed by atoms with E-state index in [9.17, 15) is 0 Å². The fraction of sp³-hybridized carbons (Fsp3) is 0.444. The van der Waals surface area contributed by atoms with Gasteiger partial charge in [-0.2, -0.15) is 0 Å². The summed E-state index contributed by atoms with van der Waals surface area (Å²) in [5.74, 6) is 0.964. The second kappa shape index (κ2) is 9.37. The SMILES string of the molecule is CCOCCCCNCCOc1cccc2ccccc12. The number of hydrogen-bond donors (Lipinski definition) is 1. The van der Waals surface area contributed by atoms with Crippen molar-refractivity contribution in [3.05, 3.63) is 42.5 Å². The summed E-state index contributed by atoms with van der Waals surface area (Å²) in [4.78, 5) is 0. The molecule has 0 aliphatic rings. The van der Waals surface area contributed by atoms with E-state index in [-0.39, 0.29) is 0 Å². The summed E-state index contributed by atoms with van der Waals surface area (Å²) < 4.78 is 11.2. The Hall–Kier alpha value is -1.58. The van der Waals surface area contributed by atoms with Crippen LogP contribution in [-0.2, 0) is 4.74 Å². The van der Waals surface area contributed by atoms with E-state index in [1.807, 2.05) is 25.1 Å². The molecular weight excluding hydrogens is 262 g/mol. The Labute approximate surface area is 127 Å². The number of hydrogen-bond acceptors (Lipinski definition) is 3. The van der Waals surface area contributed by atoms with Crippen molar-refractivity contribution < 1.29 is 9.47 Å². The van der Waals surface area contributed by atoms with Gasteiger partial charge >= 0.3 is 0 Å². The van der Waals surface area contributed by atoms with E-state index in [0.717, 1.165) is 44.9 Å². The van der Waals surface area contributed by atoms with Crippen molar-refractivity contribution >= 4 is 10.8 Å². The molecule has 0 spiro atoms. The number of benzene rings is 2. The van der Waals surface area contributed by atoms with Gasteiger partial charge in [-0.25, -0.2) is 0 Å². The molecule has 0 saturated heterocycles. The molecule has 0 heterocycles. The highest BCUT2D eigenvalue weighted by Crippen LogP contribution is 2.24. The van der Waals surface area contributed by atoms with Crippen LogP contribution in [0.1, 0.15) is 19.8 Å². The van der Waals surface area contributed by atoms with Crippen molar-refractivity contribution in [1.29, 1.82) is 0 Å². The minimum absolute atomic E-state index is 0.694. The molecule has 0 unspecified atom stereocenters. The average molecular weight is 287 g/mol. The van der Waals surface area contributed by atoms with Gasteiger partial charge < -0.3 is 14.8 Å². The van der Waals surface area contributed by atoms with Crippen molar-refractivity contribution in [3.8, 4) is 5.75 Å². The van der Waals surface area contributed by atoms with Crippen LogP contribution in [0.5, 0.6) is 5.75 Å². The molecule has 0 bridgehead atoms. The van der Waals surface area contributed by atoms with E-state index in [0.29, 0.717) is 6.61 Å². The number of rotatable bonds is 10. The number of ether oxygens (including phenoxy) is 2. The van der Waals surface area contributed by atoms with Crippen LogP contribution in [0.25, 0.3) is 10.8 Å². The zero-order valence-corrected chi connectivity index (χ0v) is 12.8. The first-order chi connectivity index (χ1) is 10.4. The Morgan fingerprint density at radius 2 is 1.76 bits per heavy atom. The van der Waals surface area contributed by atoms with E-state index in [4.69, 9.17) is 9.47 Å². The Morgan fingerprint density at radius 3 is 2.67 bits per heavy atom. The fourth-order valence-corrected chi connectivity index (χ4v) is 2.28. The normalized spacial score (nSPS) is 10.9. The van der Waals surface area contributed by atoms with Gasteiger partial charge in [-0.15, -0.1) is 0 Å². The van der Waals surface area contributed by atoms with Crippen LogP contribution in [-0.4, -0.2) is 32.9 Å². The van der Waals surface area contributed by atoms with Crippen LogP contribution < -0.4 is 10.1 Å². The third-order valence-corrected chi connectivity index (χ3v) is 3.38. The van der Waals surface area contributed by atoms with Crippen LogP contribution in [0.2, 0.25) is 0 Å². The molecule has 2 aromatic carbocycles. The third kappa shape index (κ3) is 5.37. The molecule has 0 saturated carbocycles. The van der Waals surface area contributed by atoms with Crippen LogP contribution in [0.4, 0.5) is 0 Å². The van der Waals surface area contributed by atoms with E-state index < -0.39 is 0 Å². The monoisotopic (exact) mass is 287 g/mol. The highest BCUT2D eigenvalue weighted by atomic mass is 16.5. The summed E-state index contributed by atoms with van der Waals surface area (Å²) >= 11 is 0. The summed E-state index contributed by atoms with van der Waals surface area (Å²) in [6.45, 7) is 6.29. The first-order valence-corrected chi connectivity index (χ1v) is 7.81. The zero-order valence-electron chi connectivity index (χ0n) is 12.8. The van der Waals surface area contributed by atoms with E-state index >= 15 is 0 Å². The molecule has 0 aliphatic heterocycles. The lowest BCUT2D eigenvalue weighted by Crippen LogP contribution is -2.22. The fourth-order valence-electron chi connectivity index (χ4n) is 2.28. The Morgan fingerprint density at radius 1 is 0.905 bits per heavy atom. The first-order valence-electron chi connectivity index (χ1n) is 7.81. The standard InChI is InChI=1S/C18H25NO2/c1-2-20-14-6-5-12-19-13-15-21-18-11-7-9-16-8-3-4-10-17(16)18/h3-4,7-11,19H,2,5-6,12-15H2,1H3. The van der Waals surface area contributed by atoms with Gasteiger partial charge in [0.2, 0.25) is 0 Å². The van der Waals surface area contributed by atoms with E-state index in [2.05, 4.69) is 29.6 Å². The molecule has 2 rings (SSSR count). The van der Waals surface area contributed by atoms with Crippen molar-refractivity contribution in [2.75, 3.05) is 32.9 Å². The second-order valence-electron chi connectivity index (χ2n) is 4.98. The van der Waals surface area contributed by atoms with Crippen molar-refractivity contribution in [2.24, 2.45) is 0 Å². The number of unbranched alkanes of at least 4 members (excludes halogenated alkanes) is 1. The molecule has 3 nitrogen and oxygen atoms in total. The lowest BCUT2D eigenvalue weighted by molar-refractivity contribution is 0.143. The Kier molecular flexibility index (Phi) is 7.05. The quantitative estimate of drug-likeness (QED) is 0.677. The molecule has 0 aliphatic carbocycles. The lowest BCUT2D eigenvalue weighted by Gasteiger charge is -2.10. The summed E-state index contributed by atoms with van der Waals surface area (Å²) in [6, 6.07) is 14.5. The van der Waals surface area contributed by atoms with Crippen molar-refractivity contribution in [2.45, 2.75) is 19.8 Å². The Balaban J connectivity index is 1.64. The van der Waals surface area contributed by atoms with Gasteiger partial charge in [0.1, 0.15) is 12.4 Å². The molecule has 0 amide bonds. The highest BCUT2D eigenvalue weighted by Gasteiger charge is 2.00. The van der Waals surface area contributed by atoms with Crippen molar-refractivity contribution in [1.82, 2.24) is 5.32 Å². The predicted molar refractivity (Wildman–Crippen MR) is 88.0 cm³/mol.